The molecule has 1 unspecified atom stereocenters. The molecule has 0 heteroatoms. The highest BCUT2D eigenvalue weighted by Crippen LogP contribution is 2.57. The minimum Gasteiger partial charge on any atom is -0.0654 e. The molecule has 2 aliphatic rings. The van der Waals surface area contributed by atoms with Crippen LogP contribution in [0.4, 0.5) is 0 Å². The van der Waals surface area contributed by atoms with E-state index in [-0.39, 0.29) is 5.89 Å². The van der Waals surface area contributed by atoms with Gasteiger partial charge >= 0.3 is 0 Å². The molecular formula is C11H20. The van der Waals surface area contributed by atoms with Crippen LogP contribution < -0.4 is 0 Å². The monoisotopic (exact) mass is 153 g/mol. The molecule has 64 valence electrons. The second-order valence-electron chi connectivity index (χ2n) is 4.18. The molecule has 0 amide bonds. The Morgan fingerprint density at radius 1 is 1.27 bits per heavy atom. The maximum absolute atomic E-state index is 8.30. The fourth-order valence-corrected chi connectivity index (χ4v) is 2.70. The number of fused-ring (bicyclic) bond motifs is 1. The molecule has 0 nitrogen and oxygen atoms in total. The van der Waals surface area contributed by atoms with Gasteiger partial charge in [0.1, 0.15) is 0 Å². The molecule has 0 aromatic heterocycles. The lowest BCUT2D eigenvalue weighted by molar-refractivity contribution is 0.480. The highest BCUT2D eigenvalue weighted by Gasteiger charge is 2.49. The zero-order chi connectivity index (χ0) is 8.60. The lowest BCUT2D eigenvalue weighted by Gasteiger charge is -2.05. The molecule has 3 atom stereocenters. The van der Waals surface area contributed by atoms with Crippen LogP contribution in [0.3, 0.4) is 0 Å². The molecule has 2 rings (SSSR count). The first-order valence-electron chi connectivity index (χ1n) is 5.79. The third-order valence-electron chi connectivity index (χ3n) is 3.43. The van der Waals surface area contributed by atoms with Gasteiger partial charge in [0.05, 0.1) is 0 Å². The van der Waals surface area contributed by atoms with E-state index in [9.17, 15) is 0 Å². The Morgan fingerprint density at radius 2 is 1.91 bits per heavy atom. The Labute approximate surface area is 71.8 Å². The van der Waals surface area contributed by atoms with Crippen LogP contribution in [0.25, 0.3) is 0 Å². The Balaban J connectivity index is 1.87. The quantitative estimate of drug-likeness (QED) is 0.581. The van der Waals surface area contributed by atoms with Gasteiger partial charge in [-0.05, 0) is 37.0 Å². The highest BCUT2D eigenvalue weighted by molar-refractivity contribution is 4.98. The zero-order valence-electron chi connectivity index (χ0n) is 8.60. The van der Waals surface area contributed by atoms with E-state index in [1.54, 1.807) is 0 Å². The molecule has 0 saturated heterocycles. The summed E-state index contributed by atoms with van der Waals surface area (Å²) in [5.74, 6) is 1.66. The van der Waals surface area contributed by atoms with Crippen molar-refractivity contribution in [3.63, 3.8) is 0 Å². The maximum atomic E-state index is 8.30. The van der Waals surface area contributed by atoms with Crippen LogP contribution in [0, 0.1) is 17.7 Å². The van der Waals surface area contributed by atoms with Gasteiger partial charge in [0, 0.05) is 1.37 Å². The summed E-state index contributed by atoms with van der Waals surface area (Å²) in [6, 6.07) is 0. The molecular weight excluding hydrogens is 132 g/mol. The SMILES string of the molecule is [2H]C1(CCCC)[C@@H]2CCCC[C@@H]21. The Hall–Kier alpha value is 0. The van der Waals surface area contributed by atoms with Gasteiger partial charge < -0.3 is 0 Å². The summed E-state index contributed by atoms with van der Waals surface area (Å²) in [7, 11) is 0. The molecule has 0 aliphatic heterocycles. The van der Waals surface area contributed by atoms with Crippen molar-refractivity contribution < 1.29 is 1.37 Å². The Kier molecular flexibility index (Phi) is 1.87. The van der Waals surface area contributed by atoms with Crippen molar-refractivity contribution in [1.29, 1.82) is 0 Å². The lowest BCUT2D eigenvalue weighted by Crippen LogP contribution is -1.91. The van der Waals surface area contributed by atoms with E-state index in [1.165, 1.54) is 44.9 Å². The zero-order valence-corrected chi connectivity index (χ0v) is 7.60. The third kappa shape index (κ3) is 1.45. The average Bonchev–Trinajstić information content (AvgIpc) is 2.71. The molecule has 2 fully saturated rings. The van der Waals surface area contributed by atoms with Gasteiger partial charge in [-0.2, -0.15) is 0 Å². The molecule has 0 spiro atoms. The Bertz CT molecular complexity index is 152. The van der Waals surface area contributed by atoms with Crippen LogP contribution in [-0.2, 0) is 0 Å². The van der Waals surface area contributed by atoms with Gasteiger partial charge in [-0.1, -0.05) is 32.6 Å². The highest BCUT2D eigenvalue weighted by atomic mass is 14.5. The summed E-state index contributed by atoms with van der Waals surface area (Å²) in [5, 5.41) is 0. The molecule has 0 bridgehead atoms. The van der Waals surface area contributed by atoms with Crippen LogP contribution >= 0.6 is 0 Å². The van der Waals surface area contributed by atoms with E-state index in [0.717, 1.165) is 11.8 Å². The van der Waals surface area contributed by atoms with Crippen LogP contribution in [0.2, 0.25) is 0 Å². The van der Waals surface area contributed by atoms with Crippen molar-refractivity contribution in [3.05, 3.63) is 0 Å². The van der Waals surface area contributed by atoms with E-state index in [2.05, 4.69) is 6.92 Å². The van der Waals surface area contributed by atoms with E-state index < -0.39 is 0 Å². The van der Waals surface area contributed by atoms with Crippen molar-refractivity contribution >= 4 is 0 Å². The first-order chi connectivity index (χ1) is 5.79. The maximum Gasteiger partial charge on any atom is 0.0309 e. The number of rotatable bonds is 3. The molecule has 0 radical (unpaired) electrons. The molecule has 0 aromatic carbocycles. The average molecular weight is 153 g/mol. The Morgan fingerprint density at radius 3 is 2.45 bits per heavy atom. The van der Waals surface area contributed by atoms with E-state index >= 15 is 0 Å². The summed E-state index contributed by atoms with van der Waals surface area (Å²) in [4.78, 5) is 0. The van der Waals surface area contributed by atoms with Crippen molar-refractivity contribution in [3.8, 4) is 0 Å². The fraction of sp³-hybridized carbons (Fsp3) is 1.00. The van der Waals surface area contributed by atoms with Crippen LogP contribution in [-0.4, -0.2) is 0 Å². The van der Waals surface area contributed by atoms with E-state index in [4.69, 9.17) is 1.37 Å². The first-order valence-corrected chi connectivity index (χ1v) is 5.29. The van der Waals surface area contributed by atoms with Gasteiger partial charge in [0.2, 0.25) is 0 Å². The van der Waals surface area contributed by atoms with Crippen molar-refractivity contribution in [2.75, 3.05) is 0 Å². The predicted octanol–water partition coefficient (Wildman–Crippen LogP) is 3.61. The molecule has 2 saturated carbocycles. The van der Waals surface area contributed by atoms with Gasteiger partial charge in [-0.25, -0.2) is 0 Å². The second-order valence-corrected chi connectivity index (χ2v) is 4.18. The lowest BCUT2D eigenvalue weighted by atomic mass is 10.0. The van der Waals surface area contributed by atoms with Crippen LogP contribution in [0.1, 0.15) is 53.2 Å². The normalized spacial score (nSPS) is 49.7. The van der Waals surface area contributed by atoms with E-state index in [1.807, 2.05) is 0 Å². The molecule has 0 N–H and O–H groups in total. The smallest absolute Gasteiger partial charge is 0.0309 e. The molecule has 0 heterocycles. The molecule has 11 heavy (non-hydrogen) atoms. The fourth-order valence-electron chi connectivity index (χ4n) is 2.70. The number of hydrogen-bond donors (Lipinski definition) is 0. The van der Waals surface area contributed by atoms with E-state index in [0.29, 0.717) is 0 Å². The minimum absolute atomic E-state index is 0.0481. The number of unbranched alkanes of at least 4 members (excludes halogenated alkanes) is 1. The number of hydrogen-bond acceptors (Lipinski definition) is 0. The summed E-state index contributed by atoms with van der Waals surface area (Å²) in [6.45, 7) is 2.23. The van der Waals surface area contributed by atoms with Gasteiger partial charge in [-0.15, -0.1) is 0 Å². The topological polar surface area (TPSA) is 0 Å². The first kappa shape index (κ1) is 6.51. The van der Waals surface area contributed by atoms with Crippen molar-refractivity contribution in [2.24, 2.45) is 17.7 Å². The van der Waals surface area contributed by atoms with Crippen molar-refractivity contribution in [1.82, 2.24) is 0 Å². The van der Waals surface area contributed by atoms with Gasteiger partial charge in [-0.3, -0.25) is 0 Å². The van der Waals surface area contributed by atoms with Crippen LogP contribution in [0.5, 0.6) is 0 Å². The molecule has 2 aliphatic carbocycles. The standard InChI is InChI=1S/C11H20/c1-2-3-6-9-10-7-4-5-8-11(9)10/h9-11H,2-8H2,1H3/t9?,10-,11+/i9D. The molecule has 0 aromatic rings. The van der Waals surface area contributed by atoms with Crippen LogP contribution in [0.15, 0.2) is 0 Å². The van der Waals surface area contributed by atoms with Gasteiger partial charge in [0.15, 0.2) is 0 Å². The summed E-state index contributed by atoms with van der Waals surface area (Å²) in [6.07, 6.45) is 9.23. The van der Waals surface area contributed by atoms with Gasteiger partial charge in [0.25, 0.3) is 0 Å². The summed E-state index contributed by atoms with van der Waals surface area (Å²) >= 11 is 0. The third-order valence-corrected chi connectivity index (χ3v) is 3.43. The summed E-state index contributed by atoms with van der Waals surface area (Å²) < 4.78 is 8.30. The summed E-state index contributed by atoms with van der Waals surface area (Å²) in [5.41, 5.74) is 0. The second kappa shape index (κ2) is 3.16. The minimum atomic E-state index is 0.0481. The van der Waals surface area contributed by atoms with Crippen molar-refractivity contribution in [2.45, 2.75) is 51.9 Å². The largest absolute Gasteiger partial charge is 0.0654 e. The predicted molar refractivity (Wildman–Crippen MR) is 48.5 cm³/mol.